The average Bonchev–Trinajstić information content (AvgIpc) is 3.31. The number of amides is 1. The van der Waals surface area contributed by atoms with Crippen LogP contribution in [-0.4, -0.2) is 84.6 Å². The number of aliphatic hydroxyl groups excluding tert-OH is 2. The van der Waals surface area contributed by atoms with Crippen molar-refractivity contribution < 1.29 is 38.8 Å². The van der Waals surface area contributed by atoms with E-state index in [4.69, 9.17) is 28.9 Å². The number of carbonyl (C=O) groups is 1. The lowest BCUT2D eigenvalue weighted by atomic mass is 9.55. The zero-order valence-corrected chi connectivity index (χ0v) is 37.3. The number of carbonyl (C=O) groups excluding carboxylic acids is 1. The molecule has 0 saturated heterocycles. The van der Waals surface area contributed by atoms with Gasteiger partial charge in [0, 0.05) is 41.8 Å². The number of rotatable bonds is 23. The first kappa shape index (κ1) is 45.9. The molecule has 6 atom stereocenters. The number of aliphatic hydroxyl groups is 2. The van der Waals surface area contributed by atoms with Crippen LogP contribution in [0, 0.1) is 17.8 Å². The van der Waals surface area contributed by atoms with E-state index in [1.165, 1.54) is 4.90 Å². The maximum absolute atomic E-state index is 14.8. The summed E-state index contributed by atoms with van der Waals surface area (Å²) in [6, 6.07) is 30.0. The minimum Gasteiger partial charge on any atom is -0.493 e. The van der Waals surface area contributed by atoms with Crippen LogP contribution in [-0.2, 0) is 20.9 Å². The number of hydrogen-bond acceptors (Lipinski definition) is 10. The zero-order valence-electron chi connectivity index (χ0n) is 36.4. The SMILES string of the molecule is C=CCCOC(=O)N(Cc1cccc2ccccc12)[C@H]1CC(=NOC)C2=C[C@H](CCCCO)[C@@H](CCCCO)[C@@H]3c4cc(OCCSc5ccccc5)ccc4O[C@@]1(OCC=C)[C@H]23. The molecule has 11 heteroatoms. The molecule has 1 amide bonds. The van der Waals surface area contributed by atoms with Gasteiger partial charge in [-0.1, -0.05) is 96.9 Å². The molecule has 10 nitrogen and oxygen atoms in total. The fourth-order valence-electron chi connectivity index (χ4n) is 9.91. The highest BCUT2D eigenvalue weighted by molar-refractivity contribution is 7.99. The molecule has 0 radical (unpaired) electrons. The van der Waals surface area contributed by atoms with Gasteiger partial charge in [-0.25, -0.2) is 4.79 Å². The summed E-state index contributed by atoms with van der Waals surface area (Å²) in [6.45, 7) is 9.19. The summed E-state index contributed by atoms with van der Waals surface area (Å²) >= 11 is 1.75. The molecule has 2 N–H and O–H groups in total. The third kappa shape index (κ3) is 10.5. The van der Waals surface area contributed by atoms with Gasteiger partial charge in [0.2, 0.25) is 5.79 Å². The Balaban J connectivity index is 1.39. The van der Waals surface area contributed by atoms with E-state index >= 15 is 0 Å². The third-order valence-corrected chi connectivity index (χ3v) is 13.6. The Morgan fingerprint density at radius 3 is 2.49 bits per heavy atom. The summed E-state index contributed by atoms with van der Waals surface area (Å²) < 4.78 is 27.1. The Morgan fingerprint density at radius 2 is 1.71 bits per heavy atom. The van der Waals surface area contributed by atoms with Crippen LogP contribution in [0.4, 0.5) is 4.79 Å². The second-order valence-electron chi connectivity index (χ2n) is 16.4. The second kappa shape index (κ2) is 22.5. The Morgan fingerprint density at radius 1 is 0.937 bits per heavy atom. The van der Waals surface area contributed by atoms with Crippen molar-refractivity contribution in [3.05, 3.63) is 139 Å². The molecule has 7 rings (SSSR count). The van der Waals surface area contributed by atoms with Crippen molar-refractivity contribution in [1.29, 1.82) is 0 Å². The highest BCUT2D eigenvalue weighted by Gasteiger charge is 2.65. The number of ether oxygens (including phenoxy) is 4. The van der Waals surface area contributed by atoms with E-state index in [1.807, 2.05) is 48.5 Å². The van der Waals surface area contributed by atoms with Crippen molar-refractivity contribution in [1.82, 2.24) is 4.90 Å². The van der Waals surface area contributed by atoms with Gasteiger partial charge >= 0.3 is 6.09 Å². The van der Waals surface area contributed by atoms with Crippen molar-refractivity contribution in [2.24, 2.45) is 22.9 Å². The van der Waals surface area contributed by atoms with E-state index in [0.717, 1.165) is 70.4 Å². The van der Waals surface area contributed by atoms with Gasteiger partial charge < -0.3 is 34.0 Å². The van der Waals surface area contributed by atoms with Gasteiger partial charge in [0.25, 0.3) is 0 Å². The van der Waals surface area contributed by atoms with E-state index in [2.05, 4.69) is 61.7 Å². The Kier molecular flexibility index (Phi) is 16.4. The predicted octanol–water partition coefficient (Wildman–Crippen LogP) is 10.5. The molecule has 4 aromatic carbocycles. The van der Waals surface area contributed by atoms with Crippen LogP contribution in [0.25, 0.3) is 10.8 Å². The Bertz CT molecular complexity index is 2210. The van der Waals surface area contributed by atoms with E-state index < -0.39 is 23.8 Å². The topological polar surface area (TPSA) is 119 Å². The molecule has 63 heavy (non-hydrogen) atoms. The van der Waals surface area contributed by atoms with E-state index in [0.29, 0.717) is 31.6 Å². The summed E-state index contributed by atoms with van der Waals surface area (Å²) in [5, 5.41) is 26.7. The fourth-order valence-corrected chi connectivity index (χ4v) is 10.7. The van der Waals surface area contributed by atoms with E-state index in [1.54, 1.807) is 35.9 Å². The summed E-state index contributed by atoms with van der Waals surface area (Å²) in [4.78, 5) is 23.4. The number of oxime groups is 1. The number of nitrogens with zero attached hydrogens (tertiary/aromatic N) is 2. The quantitative estimate of drug-likeness (QED) is 0.0325. The first-order valence-corrected chi connectivity index (χ1v) is 23.4. The average molecular weight is 875 g/mol. The Labute approximate surface area is 376 Å². The van der Waals surface area contributed by atoms with Gasteiger partial charge in [0.15, 0.2) is 0 Å². The minimum atomic E-state index is -1.42. The number of fused-ring (bicyclic) bond motifs is 3. The lowest BCUT2D eigenvalue weighted by molar-refractivity contribution is -0.256. The van der Waals surface area contributed by atoms with E-state index in [9.17, 15) is 15.0 Å². The maximum atomic E-state index is 14.8. The van der Waals surface area contributed by atoms with Crippen LogP contribution in [0.1, 0.15) is 68.4 Å². The van der Waals surface area contributed by atoms with Crippen LogP contribution in [0.5, 0.6) is 11.5 Å². The largest absolute Gasteiger partial charge is 0.493 e. The Hall–Kier alpha value is -5.07. The van der Waals surface area contributed by atoms with Crippen LogP contribution >= 0.6 is 11.8 Å². The van der Waals surface area contributed by atoms with Crippen molar-refractivity contribution >= 4 is 34.3 Å². The molecule has 0 aromatic heterocycles. The van der Waals surface area contributed by atoms with Crippen molar-refractivity contribution in [3.8, 4) is 11.5 Å². The molecule has 1 aliphatic heterocycles. The standard InChI is InChI=1S/C52H62N2O8S/c1-4-6-30-60-51(57)54(36-39-20-16-19-37-17-10-11-23-42(37)39)48-35-46(53-58-3)44-33-38(18-12-14-27-55)43(24-13-15-28-56)49-45-34-40(59-31-32-63-41-21-8-7-9-22-41)25-26-47(45)62-52(48,50(44)49)61-29-5-2/h4-5,7-11,16-17,19-23,25-26,33-34,38,43,48-50,55-56H,1-2,6,12-15,18,24,27-32,35-36H2,3H3/t38-,43+,48-,49+,50+,52+/m0/s1. The van der Waals surface area contributed by atoms with E-state index in [-0.39, 0.29) is 57.1 Å². The molecule has 1 saturated carbocycles. The third-order valence-electron chi connectivity index (χ3n) is 12.6. The van der Waals surface area contributed by atoms with Crippen LogP contribution in [0.2, 0.25) is 0 Å². The van der Waals surface area contributed by atoms with Gasteiger partial charge in [0.1, 0.15) is 24.7 Å². The van der Waals surface area contributed by atoms with Crippen molar-refractivity contribution in [2.75, 3.05) is 45.9 Å². The summed E-state index contributed by atoms with van der Waals surface area (Å²) in [5.41, 5.74) is 3.64. The number of allylic oxidation sites excluding steroid dienone is 1. The zero-order chi connectivity index (χ0) is 44.0. The molecular formula is C52H62N2O8S. The smallest absolute Gasteiger partial charge is 0.410 e. The number of benzene rings is 4. The molecule has 0 bridgehead atoms. The van der Waals surface area contributed by atoms with Crippen LogP contribution in [0.15, 0.2) is 138 Å². The number of thioether (sulfide) groups is 1. The van der Waals surface area contributed by atoms with Gasteiger partial charge in [-0.3, -0.25) is 4.90 Å². The van der Waals surface area contributed by atoms with Crippen molar-refractivity contribution in [2.45, 2.75) is 80.6 Å². The maximum Gasteiger partial charge on any atom is 0.410 e. The normalized spacial score (nSPS) is 22.9. The highest BCUT2D eigenvalue weighted by Crippen LogP contribution is 2.62. The summed E-state index contributed by atoms with van der Waals surface area (Å²) in [6.07, 6.45) is 10.8. The second-order valence-corrected chi connectivity index (χ2v) is 17.6. The molecule has 0 spiro atoms. The first-order chi connectivity index (χ1) is 31.0. The van der Waals surface area contributed by atoms with Crippen LogP contribution in [0.3, 0.4) is 0 Å². The lowest BCUT2D eigenvalue weighted by Gasteiger charge is -2.59. The fraction of sp³-hybridized carbons (Fsp3) is 0.423. The van der Waals surface area contributed by atoms with Gasteiger partial charge in [-0.05, 0) is 96.2 Å². The lowest BCUT2D eigenvalue weighted by Crippen LogP contribution is -2.70. The minimum absolute atomic E-state index is 0.0795. The molecule has 2 aliphatic carbocycles. The molecule has 0 unspecified atom stereocenters. The van der Waals surface area contributed by atoms with Crippen molar-refractivity contribution in [3.63, 3.8) is 0 Å². The van der Waals surface area contributed by atoms with Gasteiger partial charge in [0.05, 0.1) is 38.0 Å². The molecule has 4 aromatic rings. The summed E-state index contributed by atoms with van der Waals surface area (Å²) in [5.74, 6) is 0.314. The molecule has 3 aliphatic rings. The molecular weight excluding hydrogens is 813 g/mol. The predicted molar refractivity (Wildman–Crippen MR) is 250 cm³/mol. The number of unbranched alkanes of at least 4 members (excludes halogenated alkanes) is 2. The molecule has 334 valence electrons. The first-order valence-electron chi connectivity index (χ1n) is 22.4. The highest BCUT2D eigenvalue weighted by atomic mass is 32.2. The van der Waals surface area contributed by atoms with Gasteiger partial charge in [-0.2, -0.15) is 0 Å². The molecule has 1 fully saturated rings. The van der Waals surface area contributed by atoms with Gasteiger partial charge in [-0.15, -0.1) is 24.9 Å². The monoisotopic (exact) mass is 874 g/mol. The summed E-state index contributed by atoms with van der Waals surface area (Å²) in [7, 11) is 1.55. The number of hydrogen-bond donors (Lipinski definition) is 2. The molecule has 1 heterocycles. The van der Waals surface area contributed by atoms with Crippen LogP contribution < -0.4 is 9.47 Å².